The molecule has 1 aromatic rings. The fourth-order valence-corrected chi connectivity index (χ4v) is 2.53. The van der Waals surface area contributed by atoms with Gasteiger partial charge in [0.25, 0.3) is 0 Å². The molecule has 2 heterocycles. The van der Waals surface area contributed by atoms with Crippen molar-refractivity contribution in [3.63, 3.8) is 0 Å². The third-order valence-electron chi connectivity index (χ3n) is 3.45. The molecule has 3 rings (SSSR count). The van der Waals surface area contributed by atoms with E-state index >= 15 is 0 Å². The Hall–Kier alpha value is -1.43. The summed E-state index contributed by atoms with van der Waals surface area (Å²) in [7, 11) is 0. The van der Waals surface area contributed by atoms with Gasteiger partial charge in [0.2, 0.25) is 0 Å². The minimum atomic E-state index is -1.05. The van der Waals surface area contributed by atoms with Gasteiger partial charge in [-0.2, -0.15) is 0 Å². The number of hydrogen-bond donors (Lipinski definition) is 2. The zero-order valence-electron chi connectivity index (χ0n) is 9.60. The minimum absolute atomic E-state index is 0.0215. The van der Waals surface area contributed by atoms with Crippen LogP contribution in [0.3, 0.4) is 0 Å². The number of hydrogen-bond acceptors (Lipinski definition) is 5. The highest BCUT2D eigenvalue weighted by molar-refractivity contribution is 5.71. The van der Waals surface area contributed by atoms with Crippen LogP contribution >= 0.6 is 0 Å². The van der Waals surface area contributed by atoms with E-state index in [4.69, 9.17) is 9.47 Å². The van der Waals surface area contributed by atoms with Crippen LogP contribution in [0.15, 0.2) is 30.3 Å². The molecule has 1 aromatic carbocycles. The molecule has 5 heteroatoms. The summed E-state index contributed by atoms with van der Waals surface area (Å²) in [5.74, 6) is -0.444. The van der Waals surface area contributed by atoms with Gasteiger partial charge in [0.05, 0.1) is 12.5 Å². The summed E-state index contributed by atoms with van der Waals surface area (Å²) in [6.45, 7) is 0. The van der Waals surface area contributed by atoms with E-state index in [2.05, 4.69) is 0 Å². The van der Waals surface area contributed by atoms with Crippen molar-refractivity contribution in [1.29, 1.82) is 0 Å². The Morgan fingerprint density at radius 1 is 1.11 bits per heavy atom. The molecule has 2 bridgehead atoms. The Labute approximate surface area is 104 Å². The molecule has 2 saturated heterocycles. The molecular weight excluding hydrogens is 236 g/mol. The first-order valence-electron chi connectivity index (χ1n) is 5.93. The molecule has 2 aliphatic rings. The van der Waals surface area contributed by atoms with E-state index in [1.165, 1.54) is 0 Å². The van der Waals surface area contributed by atoms with Crippen molar-refractivity contribution >= 4 is 5.97 Å². The van der Waals surface area contributed by atoms with Crippen molar-refractivity contribution in [3.8, 4) is 0 Å². The van der Waals surface area contributed by atoms with Crippen LogP contribution in [0.5, 0.6) is 0 Å². The van der Waals surface area contributed by atoms with Gasteiger partial charge in [-0.25, -0.2) is 0 Å². The van der Waals surface area contributed by atoms with Crippen LogP contribution < -0.4 is 0 Å². The SMILES string of the molecule is O=C1C[C@@H]2O[C@@H](c3ccccc3)[C@@H](O)[C@@H](O1)[C@H]2O. The molecule has 0 unspecified atom stereocenters. The fraction of sp³-hybridized carbons (Fsp3) is 0.462. The molecule has 0 aromatic heterocycles. The van der Waals surface area contributed by atoms with Crippen molar-refractivity contribution in [2.24, 2.45) is 0 Å². The van der Waals surface area contributed by atoms with Crippen molar-refractivity contribution in [2.45, 2.75) is 36.9 Å². The molecule has 0 spiro atoms. The standard InChI is InChI=1S/C13H14O5/c14-9-6-8-10(15)13(18-9)11(16)12(17-8)7-4-2-1-3-5-7/h1-5,8,10-13,15-16H,6H2/t8-,10-,11+,12-,13-/m0/s1. The van der Waals surface area contributed by atoms with Gasteiger partial charge in [-0.15, -0.1) is 0 Å². The topological polar surface area (TPSA) is 76.0 Å². The quantitative estimate of drug-likeness (QED) is 0.695. The van der Waals surface area contributed by atoms with E-state index in [1.807, 2.05) is 30.3 Å². The summed E-state index contributed by atoms with van der Waals surface area (Å²) >= 11 is 0. The highest BCUT2D eigenvalue weighted by atomic mass is 16.6. The van der Waals surface area contributed by atoms with Crippen molar-refractivity contribution in [3.05, 3.63) is 35.9 Å². The maximum atomic E-state index is 11.3. The van der Waals surface area contributed by atoms with Crippen molar-refractivity contribution in [1.82, 2.24) is 0 Å². The zero-order valence-corrected chi connectivity index (χ0v) is 9.60. The van der Waals surface area contributed by atoms with E-state index in [1.54, 1.807) is 0 Å². The lowest BCUT2D eigenvalue weighted by atomic mass is 9.88. The molecule has 96 valence electrons. The summed E-state index contributed by atoms with van der Waals surface area (Å²) in [5.41, 5.74) is 0.810. The predicted molar refractivity (Wildman–Crippen MR) is 60.6 cm³/mol. The first-order chi connectivity index (χ1) is 8.66. The van der Waals surface area contributed by atoms with Gasteiger partial charge >= 0.3 is 5.97 Å². The molecule has 2 aliphatic heterocycles. The summed E-state index contributed by atoms with van der Waals surface area (Å²) in [6, 6.07) is 9.23. The highest BCUT2D eigenvalue weighted by Crippen LogP contribution is 2.37. The van der Waals surface area contributed by atoms with Crippen LogP contribution in [0.25, 0.3) is 0 Å². The normalized spacial score (nSPS) is 39.2. The van der Waals surface area contributed by atoms with Gasteiger partial charge in [0, 0.05) is 0 Å². The highest BCUT2D eigenvalue weighted by Gasteiger charge is 2.50. The largest absolute Gasteiger partial charge is 0.457 e. The van der Waals surface area contributed by atoms with Crippen LogP contribution in [-0.2, 0) is 14.3 Å². The van der Waals surface area contributed by atoms with E-state index in [-0.39, 0.29) is 6.42 Å². The first-order valence-corrected chi connectivity index (χ1v) is 5.93. The molecule has 5 nitrogen and oxygen atoms in total. The molecule has 2 fully saturated rings. The summed E-state index contributed by atoms with van der Waals surface area (Å²) in [6.07, 6.45) is -4.08. The molecule has 0 saturated carbocycles. The first kappa shape index (κ1) is 11.6. The predicted octanol–water partition coefficient (Wildman–Crippen LogP) is 0.164. The van der Waals surface area contributed by atoms with Crippen LogP contribution in [0, 0.1) is 0 Å². The average Bonchev–Trinajstić information content (AvgIpc) is 2.37. The summed E-state index contributed by atoms with van der Waals surface area (Å²) < 4.78 is 10.7. The lowest BCUT2D eigenvalue weighted by Crippen LogP contribution is -2.59. The summed E-state index contributed by atoms with van der Waals surface area (Å²) in [5, 5.41) is 20.0. The lowest BCUT2D eigenvalue weighted by molar-refractivity contribution is -0.257. The molecule has 0 radical (unpaired) electrons. The van der Waals surface area contributed by atoms with Gasteiger partial charge in [-0.05, 0) is 5.56 Å². The van der Waals surface area contributed by atoms with Gasteiger partial charge in [0.1, 0.15) is 18.3 Å². The fourth-order valence-electron chi connectivity index (χ4n) is 2.53. The second-order valence-electron chi connectivity index (χ2n) is 4.65. The number of esters is 1. The Bertz CT molecular complexity index is 446. The number of carbonyl (C=O) groups is 1. The average molecular weight is 250 g/mol. The number of fused-ring (bicyclic) bond motifs is 2. The molecule has 0 aliphatic carbocycles. The Balaban J connectivity index is 1.89. The third kappa shape index (κ3) is 1.80. The molecular formula is C13H14O5. The maximum absolute atomic E-state index is 11.3. The second kappa shape index (κ2) is 4.35. The zero-order chi connectivity index (χ0) is 12.7. The van der Waals surface area contributed by atoms with Gasteiger partial charge in [0.15, 0.2) is 6.10 Å². The van der Waals surface area contributed by atoms with E-state index in [0.29, 0.717) is 0 Å². The Morgan fingerprint density at radius 2 is 1.83 bits per heavy atom. The van der Waals surface area contributed by atoms with Gasteiger partial charge < -0.3 is 19.7 Å². The minimum Gasteiger partial charge on any atom is -0.457 e. The number of ether oxygens (including phenoxy) is 2. The molecule has 18 heavy (non-hydrogen) atoms. The van der Waals surface area contributed by atoms with E-state index in [0.717, 1.165) is 5.56 Å². The number of rotatable bonds is 1. The van der Waals surface area contributed by atoms with Crippen LogP contribution in [0.1, 0.15) is 18.1 Å². The number of aliphatic hydroxyl groups excluding tert-OH is 2. The third-order valence-corrected chi connectivity index (χ3v) is 3.45. The monoisotopic (exact) mass is 250 g/mol. The molecule has 2 N–H and O–H groups in total. The summed E-state index contributed by atoms with van der Waals surface area (Å²) in [4.78, 5) is 11.3. The molecule has 0 amide bonds. The van der Waals surface area contributed by atoms with Crippen LogP contribution in [0.4, 0.5) is 0 Å². The van der Waals surface area contributed by atoms with Crippen molar-refractivity contribution < 1.29 is 24.5 Å². The smallest absolute Gasteiger partial charge is 0.308 e. The van der Waals surface area contributed by atoms with Crippen LogP contribution in [-0.4, -0.2) is 40.6 Å². The van der Waals surface area contributed by atoms with Crippen molar-refractivity contribution in [2.75, 3.05) is 0 Å². The Morgan fingerprint density at radius 3 is 2.56 bits per heavy atom. The molecule has 5 atom stereocenters. The van der Waals surface area contributed by atoms with E-state index < -0.39 is 36.5 Å². The number of aliphatic hydroxyl groups is 2. The Kier molecular flexibility index (Phi) is 2.81. The van der Waals surface area contributed by atoms with Gasteiger partial charge in [-0.3, -0.25) is 4.79 Å². The van der Waals surface area contributed by atoms with Crippen LogP contribution in [0.2, 0.25) is 0 Å². The maximum Gasteiger partial charge on any atom is 0.308 e. The number of benzene rings is 1. The number of carbonyl (C=O) groups excluding carboxylic acids is 1. The van der Waals surface area contributed by atoms with Gasteiger partial charge in [-0.1, -0.05) is 30.3 Å². The second-order valence-corrected chi connectivity index (χ2v) is 4.65. The lowest BCUT2D eigenvalue weighted by Gasteiger charge is -2.45. The van der Waals surface area contributed by atoms with E-state index in [9.17, 15) is 15.0 Å².